The largest absolute Gasteiger partial charge is 0.451 e. The third-order valence-electron chi connectivity index (χ3n) is 3.93. The van der Waals surface area contributed by atoms with Crippen molar-refractivity contribution < 1.29 is 8.83 Å². The Bertz CT molecular complexity index is 1100. The molecule has 0 saturated carbocycles. The summed E-state index contributed by atoms with van der Waals surface area (Å²) in [6.45, 7) is 0. The maximum absolute atomic E-state index is 5.94. The average molecular weight is 285 g/mol. The lowest BCUT2D eigenvalue weighted by Gasteiger charge is -1.96. The molecule has 0 spiro atoms. The van der Waals surface area contributed by atoms with Crippen molar-refractivity contribution in [2.45, 2.75) is 0 Å². The van der Waals surface area contributed by atoms with Crippen molar-refractivity contribution in [2.75, 3.05) is 0 Å². The lowest BCUT2D eigenvalue weighted by molar-refractivity contribution is 0.559. The van der Waals surface area contributed by atoms with Gasteiger partial charge in [0.25, 0.3) is 5.89 Å². The number of hydrogen-bond donors (Lipinski definition) is 0. The first-order valence-electron chi connectivity index (χ1n) is 7.16. The minimum Gasteiger partial charge on any atom is -0.451 e. The molecule has 0 aliphatic carbocycles. The van der Waals surface area contributed by atoms with E-state index in [1.54, 1.807) is 0 Å². The number of nitrogens with zero attached hydrogens (tertiary/aromatic N) is 1. The van der Waals surface area contributed by atoms with Crippen LogP contribution in [0, 0.1) is 0 Å². The summed E-state index contributed by atoms with van der Waals surface area (Å²) in [6, 6.07) is 22.0. The summed E-state index contributed by atoms with van der Waals surface area (Å²) in [5.74, 6) is 1.17. The quantitative estimate of drug-likeness (QED) is 0.414. The molecule has 3 heteroatoms. The van der Waals surface area contributed by atoms with Gasteiger partial charge in [-0.2, -0.15) is 0 Å². The van der Waals surface area contributed by atoms with Crippen molar-refractivity contribution in [3.05, 3.63) is 66.7 Å². The van der Waals surface area contributed by atoms with Gasteiger partial charge in [-0.15, -0.1) is 0 Å². The molecule has 0 amide bonds. The summed E-state index contributed by atoms with van der Waals surface area (Å²) < 4.78 is 11.7. The van der Waals surface area contributed by atoms with E-state index in [0.717, 1.165) is 22.1 Å². The summed E-state index contributed by atoms with van der Waals surface area (Å²) in [5.41, 5.74) is 2.45. The molecule has 5 rings (SSSR count). The molecular formula is C19H11NO2. The molecule has 2 heterocycles. The average Bonchev–Trinajstić information content (AvgIpc) is 3.18. The topological polar surface area (TPSA) is 39.2 Å². The van der Waals surface area contributed by atoms with Crippen LogP contribution in [0.1, 0.15) is 0 Å². The molecule has 0 unspecified atom stereocenters. The van der Waals surface area contributed by atoms with Gasteiger partial charge in [-0.25, -0.2) is 4.98 Å². The van der Waals surface area contributed by atoms with Gasteiger partial charge < -0.3 is 8.83 Å². The lowest BCUT2D eigenvalue weighted by atomic mass is 10.1. The van der Waals surface area contributed by atoms with E-state index in [0.29, 0.717) is 11.7 Å². The maximum atomic E-state index is 5.94. The predicted molar refractivity (Wildman–Crippen MR) is 86.7 cm³/mol. The van der Waals surface area contributed by atoms with Crippen LogP contribution >= 0.6 is 0 Å². The van der Waals surface area contributed by atoms with Crippen LogP contribution in [0.5, 0.6) is 0 Å². The molecule has 5 aromatic rings. The summed E-state index contributed by atoms with van der Waals surface area (Å²) in [5, 5.41) is 3.45. The Morgan fingerprint density at radius 2 is 1.55 bits per heavy atom. The minimum atomic E-state index is 0.515. The van der Waals surface area contributed by atoms with Crippen LogP contribution in [0.4, 0.5) is 0 Å². The molecular weight excluding hydrogens is 274 g/mol. The Balaban J connectivity index is 1.79. The fourth-order valence-electron chi connectivity index (χ4n) is 2.88. The fourth-order valence-corrected chi connectivity index (χ4v) is 2.88. The highest BCUT2D eigenvalue weighted by atomic mass is 16.4. The standard InChI is InChI=1S/C19H11NO2/c1-2-6-13-12(5-1)9-10-16-14(13)11-18(21-16)19-20-15-7-3-4-8-17(15)22-19/h1-11H. The van der Waals surface area contributed by atoms with Crippen LogP contribution in [0.25, 0.3) is 44.5 Å². The van der Waals surface area contributed by atoms with Gasteiger partial charge in [0.1, 0.15) is 11.1 Å². The lowest BCUT2D eigenvalue weighted by Crippen LogP contribution is -1.71. The van der Waals surface area contributed by atoms with Crippen LogP contribution in [0.3, 0.4) is 0 Å². The summed E-state index contributed by atoms with van der Waals surface area (Å²) in [4.78, 5) is 4.50. The third-order valence-corrected chi connectivity index (χ3v) is 3.93. The van der Waals surface area contributed by atoms with Crippen molar-refractivity contribution in [1.29, 1.82) is 0 Å². The number of aromatic nitrogens is 1. The predicted octanol–water partition coefficient (Wildman–Crippen LogP) is 5.39. The number of rotatable bonds is 1. The second kappa shape index (κ2) is 4.21. The number of furan rings is 1. The summed E-state index contributed by atoms with van der Waals surface area (Å²) >= 11 is 0. The Morgan fingerprint density at radius 1 is 0.682 bits per heavy atom. The van der Waals surface area contributed by atoms with Crippen molar-refractivity contribution >= 4 is 32.8 Å². The number of hydrogen-bond acceptors (Lipinski definition) is 3. The Hall–Kier alpha value is -3.07. The molecule has 0 saturated heterocycles. The van der Waals surface area contributed by atoms with Gasteiger partial charge in [0.05, 0.1) is 0 Å². The number of oxazole rings is 1. The van der Waals surface area contributed by atoms with Gasteiger partial charge in [-0.1, -0.05) is 42.5 Å². The van der Waals surface area contributed by atoms with E-state index >= 15 is 0 Å². The highest BCUT2D eigenvalue weighted by molar-refractivity contribution is 6.06. The van der Waals surface area contributed by atoms with E-state index in [-0.39, 0.29) is 0 Å². The number of benzene rings is 3. The molecule has 0 fully saturated rings. The third kappa shape index (κ3) is 1.59. The second-order valence-corrected chi connectivity index (χ2v) is 5.30. The van der Waals surface area contributed by atoms with Gasteiger partial charge in [-0.05, 0) is 35.0 Å². The highest BCUT2D eigenvalue weighted by Crippen LogP contribution is 2.33. The van der Waals surface area contributed by atoms with Gasteiger partial charge >= 0.3 is 0 Å². The molecule has 0 radical (unpaired) electrons. The number of para-hydroxylation sites is 2. The molecule has 0 aliphatic heterocycles. The van der Waals surface area contributed by atoms with E-state index in [2.05, 4.69) is 23.2 Å². The zero-order valence-electron chi connectivity index (χ0n) is 11.6. The summed E-state index contributed by atoms with van der Waals surface area (Å²) in [7, 11) is 0. The first kappa shape index (κ1) is 11.6. The van der Waals surface area contributed by atoms with Gasteiger partial charge in [0, 0.05) is 5.39 Å². The fraction of sp³-hybridized carbons (Fsp3) is 0. The zero-order chi connectivity index (χ0) is 14.5. The van der Waals surface area contributed by atoms with E-state index in [1.807, 2.05) is 48.5 Å². The van der Waals surface area contributed by atoms with Crippen molar-refractivity contribution in [1.82, 2.24) is 4.98 Å². The van der Waals surface area contributed by atoms with E-state index in [1.165, 1.54) is 10.8 Å². The Kier molecular flexibility index (Phi) is 2.22. The minimum absolute atomic E-state index is 0.515. The first-order valence-corrected chi connectivity index (χ1v) is 7.16. The molecule has 0 atom stereocenters. The first-order chi connectivity index (χ1) is 10.9. The van der Waals surface area contributed by atoms with Crippen LogP contribution in [-0.2, 0) is 0 Å². The van der Waals surface area contributed by atoms with Crippen LogP contribution < -0.4 is 0 Å². The molecule has 0 N–H and O–H groups in total. The van der Waals surface area contributed by atoms with Crippen molar-refractivity contribution in [3.8, 4) is 11.7 Å². The zero-order valence-corrected chi connectivity index (χ0v) is 11.6. The van der Waals surface area contributed by atoms with E-state index in [9.17, 15) is 0 Å². The van der Waals surface area contributed by atoms with Crippen LogP contribution in [-0.4, -0.2) is 4.98 Å². The molecule has 0 bridgehead atoms. The van der Waals surface area contributed by atoms with E-state index in [4.69, 9.17) is 8.83 Å². The molecule has 0 aliphatic rings. The maximum Gasteiger partial charge on any atom is 0.263 e. The molecule has 3 aromatic carbocycles. The molecule has 3 nitrogen and oxygen atoms in total. The molecule has 104 valence electrons. The summed E-state index contributed by atoms with van der Waals surface area (Å²) in [6.07, 6.45) is 0. The monoisotopic (exact) mass is 285 g/mol. The SMILES string of the molecule is c1ccc2c(c1)ccc1oc(-c3nc4ccccc4o3)cc12. The normalized spacial score (nSPS) is 11.6. The number of fused-ring (bicyclic) bond motifs is 4. The smallest absolute Gasteiger partial charge is 0.263 e. The van der Waals surface area contributed by atoms with Gasteiger partial charge in [0.2, 0.25) is 0 Å². The van der Waals surface area contributed by atoms with E-state index < -0.39 is 0 Å². The van der Waals surface area contributed by atoms with Crippen molar-refractivity contribution in [3.63, 3.8) is 0 Å². The van der Waals surface area contributed by atoms with Crippen molar-refractivity contribution in [2.24, 2.45) is 0 Å². The molecule has 22 heavy (non-hydrogen) atoms. The highest BCUT2D eigenvalue weighted by Gasteiger charge is 2.14. The molecule has 2 aromatic heterocycles. The van der Waals surface area contributed by atoms with Gasteiger partial charge in [-0.3, -0.25) is 0 Å². The van der Waals surface area contributed by atoms with Crippen LogP contribution in [0.15, 0.2) is 75.6 Å². The van der Waals surface area contributed by atoms with Crippen LogP contribution in [0.2, 0.25) is 0 Å². The Morgan fingerprint density at radius 3 is 2.50 bits per heavy atom. The van der Waals surface area contributed by atoms with Gasteiger partial charge in [0.15, 0.2) is 11.3 Å². The second-order valence-electron chi connectivity index (χ2n) is 5.30. The Labute approximate surface area is 125 Å².